The van der Waals surface area contributed by atoms with Crippen LogP contribution in [0.15, 0.2) is 48.5 Å². The summed E-state index contributed by atoms with van der Waals surface area (Å²) in [5, 5.41) is 10.5. The number of ether oxygens (including phenoxy) is 1. The van der Waals surface area contributed by atoms with Crippen molar-refractivity contribution in [3.05, 3.63) is 59.1 Å². The van der Waals surface area contributed by atoms with E-state index < -0.39 is 5.97 Å². The second kappa shape index (κ2) is 6.49. The molecule has 2 aromatic carbocycles. The highest BCUT2D eigenvalue weighted by Crippen LogP contribution is 2.30. The summed E-state index contributed by atoms with van der Waals surface area (Å²) in [7, 11) is 0. The van der Waals surface area contributed by atoms with Crippen LogP contribution in [-0.4, -0.2) is 22.2 Å². The average Bonchev–Trinajstić information content (AvgIpc) is 2.54. The molecule has 0 unspecified atom stereocenters. The standard InChI is InChI=1S/C19H16ClNO3/c1-11(2)24-13-8-6-12(7-9-13)17-10-15(19(22)23)14-4-3-5-16(20)18(14)21-17/h3-11H,1-2H3,(H,22,23). The lowest BCUT2D eigenvalue weighted by atomic mass is 10.0. The lowest BCUT2D eigenvalue weighted by molar-refractivity contribution is 0.0699. The SMILES string of the molecule is CC(C)Oc1ccc(-c2cc(C(=O)O)c3cccc(Cl)c3n2)cc1. The zero-order valence-corrected chi connectivity index (χ0v) is 14.0. The van der Waals surface area contributed by atoms with E-state index in [1.807, 2.05) is 38.1 Å². The first-order valence-electron chi connectivity index (χ1n) is 7.55. The van der Waals surface area contributed by atoms with Crippen LogP contribution in [0.5, 0.6) is 5.75 Å². The molecule has 3 aromatic rings. The number of nitrogens with zero attached hydrogens (tertiary/aromatic N) is 1. The lowest BCUT2D eigenvalue weighted by Crippen LogP contribution is -2.05. The number of benzene rings is 2. The van der Waals surface area contributed by atoms with Crippen molar-refractivity contribution >= 4 is 28.5 Å². The Morgan fingerprint density at radius 2 is 1.88 bits per heavy atom. The molecule has 0 spiro atoms. The Morgan fingerprint density at radius 3 is 2.50 bits per heavy atom. The predicted octanol–water partition coefficient (Wildman–Crippen LogP) is 5.04. The van der Waals surface area contributed by atoms with Crippen molar-refractivity contribution in [2.24, 2.45) is 0 Å². The van der Waals surface area contributed by atoms with Crippen molar-refractivity contribution in [3.8, 4) is 17.0 Å². The minimum absolute atomic E-state index is 0.0899. The van der Waals surface area contributed by atoms with Crippen LogP contribution >= 0.6 is 11.6 Å². The Hall–Kier alpha value is -2.59. The van der Waals surface area contributed by atoms with Crippen molar-refractivity contribution in [2.75, 3.05) is 0 Å². The van der Waals surface area contributed by atoms with E-state index in [0.29, 0.717) is 21.6 Å². The van der Waals surface area contributed by atoms with E-state index in [0.717, 1.165) is 11.3 Å². The van der Waals surface area contributed by atoms with Crippen molar-refractivity contribution < 1.29 is 14.6 Å². The fraction of sp³-hybridized carbons (Fsp3) is 0.158. The molecule has 0 aliphatic carbocycles. The number of aromatic carboxylic acids is 1. The molecule has 0 atom stereocenters. The van der Waals surface area contributed by atoms with Crippen LogP contribution in [0.4, 0.5) is 0 Å². The molecule has 0 saturated heterocycles. The number of aromatic nitrogens is 1. The molecule has 0 aliphatic heterocycles. The third-order valence-electron chi connectivity index (χ3n) is 3.54. The first-order chi connectivity index (χ1) is 11.5. The molecule has 0 aliphatic rings. The van der Waals surface area contributed by atoms with Crippen LogP contribution in [0, 0.1) is 0 Å². The molecule has 0 radical (unpaired) electrons. The Morgan fingerprint density at radius 1 is 1.17 bits per heavy atom. The average molecular weight is 342 g/mol. The maximum absolute atomic E-state index is 11.6. The van der Waals surface area contributed by atoms with Crippen LogP contribution in [0.25, 0.3) is 22.2 Å². The third kappa shape index (κ3) is 3.19. The van der Waals surface area contributed by atoms with Gasteiger partial charge in [0, 0.05) is 10.9 Å². The van der Waals surface area contributed by atoms with Gasteiger partial charge in [-0.2, -0.15) is 0 Å². The molecular formula is C19H16ClNO3. The summed E-state index contributed by atoms with van der Waals surface area (Å²) in [6.07, 6.45) is 0.0899. The highest BCUT2D eigenvalue weighted by Gasteiger charge is 2.14. The third-order valence-corrected chi connectivity index (χ3v) is 3.85. The zero-order chi connectivity index (χ0) is 17.3. The Kier molecular flexibility index (Phi) is 4.40. The van der Waals surface area contributed by atoms with E-state index in [9.17, 15) is 9.90 Å². The van der Waals surface area contributed by atoms with Crippen LogP contribution in [0.1, 0.15) is 24.2 Å². The van der Waals surface area contributed by atoms with Gasteiger partial charge in [-0.25, -0.2) is 9.78 Å². The number of pyridine rings is 1. The number of hydrogen-bond donors (Lipinski definition) is 1. The number of fused-ring (bicyclic) bond motifs is 1. The van der Waals surface area contributed by atoms with Gasteiger partial charge in [-0.3, -0.25) is 0 Å². The molecule has 5 heteroatoms. The first-order valence-corrected chi connectivity index (χ1v) is 7.93. The summed E-state index contributed by atoms with van der Waals surface area (Å²) in [6.45, 7) is 3.92. The molecule has 0 saturated carbocycles. The highest BCUT2D eigenvalue weighted by molar-refractivity contribution is 6.35. The summed E-state index contributed by atoms with van der Waals surface area (Å²) >= 11 is 6.20. The van der Waals surface area contributed by atoms with Gasteiger partial charge in [0.2, 0.25) is 0 Å². The summed E-state index contributed by atoms with van der Waals surface area (Å²) in [5.41, 5.74) is 2.02. The molecule has 0 amide bonds. The Bertz CT molecular complexity index is 904. The van der Waals surface area contributed by atoms with Crippen molar-refractivity contribution in [3.63, 3.8) is 0 Å². The van der Waals surface area contributed by atoms with E-state index in [1.165, 1.54) is 0 Å². The van der Waals surface area contributed by atoms with Gasteiger partial charge in [0.15, 0.2) is 0 Å². The number of carbonyl (C=O) groups is 1. The summed E-state index contributed by atoms with van der Waals surface area (Å²) < 4.78 is 5.62. The molecule has 3 rings (SSSR count). The second-order valence-corrected chi connectivity index (χ2v) is 6.09. The van der Waals surface area contributed by atoms with Gasteiger partial charge in [0.25, 0.3) is 0 Å². The van der Waals surface area contributed by atoms with E-state index in [-0.39, 0.29) is 11.7 Å². The van der Waals surface area contributed by atoms with Gasteiger partial charge < -0.3 is 9.84 Å². The molecule has 122 valence electrons. The highest BCUT2D eigenvalue weighted by atomic mass is 35.5. The van der Waals surface area contributed by atoms with Gasteiger partial charge >= 0.3 is 5.97 Å². The van der Waals surface area contributed by atoms with E-state index in [2.05, 4.69) is 4.98 Å². The molecule has 0 fully saturated rings. The van der Waals surface area contributed by atoms with Crippen LogP contribution < -0.4 is 4.74 Å². The van der Waals surface area contributed by atoms with Gasteiger partial charge in [0.05, 0.1) is 27.9 Å². The van der Waals surface area contributed by atoms with Gasteiger partial charge in [0.1, 0.15) is 5.75 Å². The van der Waals surface area contributed by atoms with Crippen molar-refractivity contribution in [2.45, 2.75) is 20.0 Å². The first kappa shape index (κ1) is 16.3. The van der Waals surface area contributed by atoms with Crippen LogP contribution in [-0.2, 0) is 0 Å². The molecule has 24 heavy (non-hydrogen) atoms. The molecule has 1 aromatic heterocycles. The van der Waals surface area contributed by atoms with Crippen molar-refractivity contribution in [1.29, 1.82) is 0 Å². The number of para-hydroxylation sites is 1. The fourth-order valence-corrected chi connectivity index (χ4v) is 2.73. The molecule has 4 nitrogen and oxygen atoms in total. The fourth-order valence-electron chi connectivity index (χ4n) is 2.51. The largest absolute Gasteiger partial charge is 0.491 e. The van der Waals surface area contributed by atoms with Crippen molar-refractivity contribution in [1.82, 2.24) is 4.98 Å². The number of carboxylic acids is 1. The number of rotatable bonds is 4. The maximum atomic E-state index is 11.6. The molecule has 1 heterocycles. The zero-order valence-electron chi connectivity index (χ0n) is 13.3. The van der Waals surface area contributed by atoms with Gasteiger partial charge in [-0.15, -0.1) is 0 Å². The smallest absolute Gasteiger partial charge is 0.336 e. The number of halogens is 1. The minimum Gasteiger partial charge on any atom is -0.491 e. The minimum atomic E-state index is -1.01. The van der Waals surface area contributed by atoms with Crippen LogP contribution in [0.2, 0.25) is 5.02 Å². The molecular weight excluding hydrogens is 326 g/mol. The predicted molar refractivity (Wildman–Crippen MR) is 94.9 cm³/mol. The number of carboxylic acid groups (broad SMARTS) is 1. The van der Waals surface area contributed by atoms with E-state index >= 15 is 0 Å². The Labute approximate surface area is 144 Å². The monoisotopic (exact) mass is 341 g/mol. The van der Waals surface area contributed by atoms with Crippen LogP contribution in [0.3, 0.4) is 0 Å². The Balaban J connectivity index is 2.12. The maximum Gasteiger partial charge on any atom is 0.336 e. The quantitative estimate of drug-likeness (QED) is 0.722. The number of hydrogen-bond acceptors (Lipinski definition) is 3. The normalized spacial score (nSPS) is 11.0. The molecule has 0 bridgehead atoms. The summed E-state index contributed by atoms with van der Waals surface area (Å²) in [6, 6.07) is 14.1. The summed E-state index contributed by atoms with van der Waals surface area (Å²) in [5.74, 6) is -0.253. The second-order valence-electron chi connectivity index (χ2n) is 5.69. The van der Waals surface area contributed by atoms with Gasteiger partial charge in [-0.05, 0) is 50.2 Å². The lowest BCUT2D eigenvalue weighted by Gasteiger charge is -2.11. The van der Waals surface area contributed by atoms with Gasteiger partial charge in [-0.1, -0.05) is 23.7 Å². The topological polar surface area (TPSA) is 59.4 Å². The van der Waals surface area contributed by atoms with E-state index in [4.69, 9.17) is 16.3 Å². The molecule has 1 N–H and O–H groups in total. The summed E-state index contributed by atoms with van der Waals surface area (Å²) in [4.78, 5) is 16.1. The van der Waals surface area contributed by atoms with E-state index in [1.54, 1.807) is 24.3 Å².